The van der Waals surface area contributed by atoms with Gasteiger partial charge < -0.3 is 25.6 Å². The third kappa shape index (κ3) is 15.2. The third-order valence-electron chi connectivity index (χ3n) is 4.90. The van der Waals surface area contributed by atoms with E-state index in [4.69, 9.17) is 9.84 Å². The predicted octanol–water partition coefficient (Wildman–Crippen LogP) is 2.70. The average Bonchev–Trinajstić information content (AvgIpc) is 2.71. The maximum absolute atomic E-state index is 12.6. The van der Waals surface area contributed by atoms with Gasteiger partial charge in [-0.1, -0.05) is 0 Å². The molecule has 0 heterocycles. The van der Waals surface area contributed by atoms with Crippen LogP contribution in [-0.2, 0) is 14.3 Å². The molecule has 34 heavy (non-hydrogen) atoms. The Balaban J connectivity index is 5.26. The van der Waals surface area contributed by atoms with Crippen LogP contribution in [0.1, 0.15) is 44.9 Å². The second-order valence-corrected chi connectivity index (χ2v) is 7.87. The quantitative estimate of drug-likeness (QED) is 0.175. The van der Waals surface area contributed by atoms with Gasteiger partial charge in [0.05, 0.1) is 19.8 Å². The van der Waals surface area contributed by atoms with Gasteiger partial charge in [-0.15, -0.1) is 0 Å². The highest BCUT2D eigenvalue weighted by Gasteiger charge is 2.38. The molecule has 0 aliphatic carbocycles. The molecule has 2 amide bonds. The molecular formula is C19H30F8N2O5. The van der Waals surface area contributed by atoms with Crippen molar-refractivity contribution in [3.8, 4) is 0 Å². The number of amides is 2. The lowest BCUT2D eigenvalue weighted by atomic mass is 9.75. The van der Waals surface area contributed by atoms with Crippen molar-refractivity contribution in [3.05, 3.63) is 0 Å². The Bertz CT molecular complexity index is 604. The van der Waals surface area contributed by atoms with Crippen molar-refractivity contribution in [2.45, 2.75) is 69.8 Å². The Kier molecular flexibility index (Phi) is 14.5. The lowest BCUT2D eigenvalue weighted by Crippen LogP contribution is -2.38. The maximum Gasteiger partial charge on any atom is 0.471 e. The number of hydrogen-bond donors (Lipinski definition) is 4. The summed E-state index contributed by atoms with van der Waals surface area (Å²) in [5.74, 6) is -3.70. The molecule has 0 aromatic carbocycles. The third-order valence-corrected chi connectivity index (χ3v) is 4.90. The van der Waals surface area contributed by atoms with Crippen LogP contribution in [0.25, 0.3) is 0 Å². The van der Waals surface area contributed by atoms with Crippen molar-refractivity contribution in [2.24, 2.45) is 5.41 Å². The molecule has 4 N–H and O–H groups in total. The number of carbonyl (C=O) groups is 2. The van der Waals surface area contributed by atoms with Crippen molar-refractivity contribution in [1.29, 1.82) is 0 Å². The van der Waals surface area contributed by atoms with E-state index in [0.29, 0.717) is 0 Å². The molecule has 0 aromatic heterocycles. The first-order chi connectivity index (χ1) is 15.6. The lowest BCUT2D eigenvalue weighted by Gasteiger charge is -2.35. The van der Waals surface area contributed by atoms with Crippen LogP contribution >= 0.6 is 0 Å². The molecule has 0 saturated carbocycles. The molecule has 2 atom stereocenters. The standard InChI is InChI=1S/C19H30F8N2O5/c20-14(21)15(32)28-8-2-5-17(4-1-7-18(22,23)24,12-34-11-13(31)10-30)6-3-9-29-16(33)19(25,26)27/h13-14,30-31H,1-12H2,(H,28,32)(H,29,33). The minimum atomic E-state index is -5.10. The van der Waals surface area contributed by atoms with Crippen LogP contribution in [0.4, 0.5) is 35.1 Å². The van der Waals surface area contributed by atoms with E-state index < -0.39 is 61.7 Å². The number of ether oxygens (including phenoxy) is 1. The lowest BCUT2D eigenvalue weighted by molar-refractivity contribution is -0.173. The highest BCUT2D eigenvalue weighted by atomic mass is 19.4. The molecule has 0 radical (unpaired) electrons. The molecule has 0 saturated heterocycles. The minimum Gasteiger partial charge on any atom is -0.394 e. The van der Waals surface area contributed by atoms with Gasteiger partial charge in [-0.2, -0.15) is 35.1 Å². The molecule has 0 fully saturated rings. The number of aliphatic hydroxyl groups excluding tert-OH is 2. The second kappa shape index (κ2) is 15.3. The van der Waals surface area contributed by atoms with E-state index in [1.54, 1.807) is 5.32 Å². The van der Waals surface area contributed by atoms with Gasteiger partial charge in [0.25, 0.3) is 5.91 Å². The summed E-state index contributed by atoms with van der Waals surface area (Å²) in [5.41, 5.74) is -1.08. The van der Waals surface area contributed by atoms with E-state index in [0.717, 1.165) is 0 Å². The zero-order chi connectivity index (χ0) is 26.4. The highest BCUT2D eigenvalue weighted by Crippen LogP contribution is 2.37. The molecule has 15 heteroatoms. The molecule has 7 nitrogen and oxygen atoms in total. The van der Waals surface area contributed by atoms with Crippen molar-refractivity contribution in [1.82, 2.24) is 10.6 Å². The highest BCUT2D eigenvalue weighted by molar-refractivity contribution is 5.81. The monoisotopic (exact) mass is 518 g/mol. The molecule has 0 rings (SSSR count). The Morgan fingerprint density at radius 3 is 1.85 bits per heavy atom. The first-order valence-electron chi connectivity index (χ1n) is 10.5. The first-order valence-corrected chi connectivity index (χ1v) is 10.5. The van der Waals surface area contributed by atoms with Crippen molar-refractivity contribution >= 4 is 11.8 Å². The summed E-state index contributed by atoms with van der Waals surface area (Å²) in [6.07, 6.45) is -15.7. The Morgan fingerprint density at radius 1 is 0.853 bits per heavy atom. The number of hydrogen-bond acceptors (Lipinski definition) is 5. The molecule has 0 bridgehead atoms. The zero-order valence-corrected chi connectivity index (χ0v) is 18.3. The van der Waals surface area contributed by atoms with E-state index in [2.05, 4.69) is 0 Å². The van der Waals surface area contributed by atoms with Gasteiger partial charge >= 0.3 is 24.7 Å². The number of alkyl halides is 8. The predicted molar refractivity (Wildman–Crippen MR) is 103 cm³/mol. The first kappa shape index (κ1) is 32.3. The van der Waals surface area contributed by atoms with Crippen LogP contribution in [0.2, 0.25) is 0 Å². The number of halogens is 8. The second-order valence-electron chi connectivity index (χ2n) is 7.87. The van der Waals surface area contributed by atoms with Gasteiger partial charge in [0.15, 0.2) is 0 Å². The Morgan fingerprint density at radius 2 is 1.38 bits per heavy atom. The Hall–Kier alpha value is -1.74. The van der Waals surface area contributed by atoms with Crippen LogP contribution < -0.4 is 10.6 Å². The molecule has 0 aliphatic rings. The molecule has 202 valence electrons. The summed E-state index contributed by atoms with van der Waals surface area (Å²) >= 11 is 0. The van der Waals surface area contributed by atoms with Gasteiger partial charge in [-0.25, -0.2) is 0 Å². The van der Waals surface area contributed by atoms with Crippen LogP contribution in [-0.4, -0.2) is 79.8 Å². The summed E-state index contributed by atoms with van der Waals surface area (Å²) in [6.45, 7) is -1.93. The Labute approximate surface area is 191 Å². The van der Waals surface area contributed by atoms with Crippen molar-refractivity contribution in [2.75, 3.05) is 32.9 Å². The summed E-state index contributed by atoms with van der Waals surface area (Å²) in [7, 11) is 0. The number of aliphatic hydroxyl groups is 2. The van der Waals surface area contributed by atoms with Crippen LogP contribution in [0.15, 0.2) is 0 Å². The van der Waals surface area contributed by atoms with Crippen LogP contribution in [0.5, 0.6) is 0 Å². The topological polar surface area (TPSA) is 108 Å². The van der Waals surface area contributed by atoms with Crippen LogP contribution in [0.3, 0.4) is 0 Å². The minimum absolute atomic E-state index is 0.00100. The average molecular weight is 518 g/mol. The van der Waals surface area contributed by atoms with Gasteiger partial charge in [0.2, 0.25) is 0 Å². The molecular weight excluding hydrogens is 488 g/mol. The fourth-order valence-corrected chi connectivity index (χ4v) is 3.24. The summed E-state index contributed by atoms with van der Waals surface area (Å²) in [5, 5.41) is 21.9. The molecule has 0 aromatic rings. The van der Waals surface area contributed by atoms with Crippen LogP contribution in [0, 0.1) is 5.41 Å². The fraction of sp³-hybridized carbons (Fsp3) is 0.895. The van der Waals surface area contributed by atoms with Gasteiger partial charge in [-0.3, -0.25) is 9.59 Å². The SMILES string of the molecule is O=C(NCCCC(CCCNC(=O)C(F)(F)F)(CCCC(F)(F)F)COCC(O)CO)C(F)F. The van der Waals surface area contributed by atoms with E-state index >= 15 is 0 Å². The summed E-state index contributed by atoms with van der Waals surface area (Å²) in [4.78, 5) is 21.9. The molecule has 2 unspecified atom stereocenters. The number of nitrogens with one attached hydrogen (secondary N) is 2. The van der Waals surface area contributed by atoms with E-state index in [9.17, 15) is 49.8 Å². The summed E-state index contributed by atoms with van der Waals surface area (Å²) in [6, 6.07) is 0. The largest absolute Gasteiger partial charge is 0.471 e. The van der Waals surface area contributed by atoms with E-state index in [-0.39, 0.29) is 58.3 Å². The number of rotatable bonds is 17. The van der Waals surface area contributed by atoms with E-state index in [1.807, 2.05) is 5.32 Å². The fourth-order valence-electron chi connectivity index (χ4n) is 3.24. The van der Waals surface area contributed by atoms with Crippen molar-refractivity contribution < 1.29 is 59.7 Å². The maximum atomic E-state index is 12.6. The zero-order valence-electron chi connectivity index (χ0n) is 18.3. The van der Waals surface area contributed by atoms with Gasteiger partial charge in [0, 0.05) is 19.5 Å². The number of carbonyl (C=O) groups excluding carboxylic acids is 2. The van der Waals surface area contributed by atoms with E-state index in [1.165, 1.54) is 0 Å². The smallest absolute Gasteiger partial charge is 0.394 e. The van der Waals surface area contributed by atoms with Gasteiger partial charge in [-0.05, 0) is 43.9 Å². The van der Waals surface area contributed by atoms with Crippen molar-refractivity contribution in [3.63, 3.8) is 0 Å². The molecule has 0 aliphatic heterocycles. The van der Waals surface area contributed by atoms with Gasteiger partial charge in [0.1, 0.15) is 6.10 Å². The summed E-state index contributed by atoms with van der Waals surface area (Å²) < 4.78 is 105. The molecule has 0 spiro atoms. The normalized spacial score (nSPS) is 15.1.